The lowest BCUT2D eigenvalue weighted by molar-refractivity contribution is -0.138. The summed E-state index contributed by atoms with van der Waals surface area (Å²) in [7, 11) is 0.836. The van der Waals surface area contributed by atoms with Gasteiger partial charge in [-0.1, -0.05) is 0 Å². The van der Waals surface area contributed by atoms with Crippen molar-refractivity contribution in [1.29, 1.82) is 0 Å². The second kappa shape index (κ2) is 4.75. The highest BCUT2D eigenvalue weighted by molar-refractivity contribution is 5.90. The largest absolute Gasteiger partial charge is 0.464 e. The first-order valence-corrected chi connectivity index (χ1v) is 4.42. The summed E-state index contributed by atoms with van der Waals surface area (Å²) >= 11 is 0. The van der Waals surface area contributed by atoms with Gasteiger partial charge in [-0.05, 0) is 0 Å². The predicted molar refractivity (Wildman–Crippen MR) is 49.9 cm³/mol. The number of esters is 1. The van der Waals surface area contributed by atoms with Crippen molar-refractivity contribution < 1.29 is 31.5 Å². The predicted octanol–water partition coefficient (Wildman–Crippen LogP) is 2.41. The van der Waals surface area contributed by atoms with Crippen LogP contribution in [-0.4, -0.2) is 18.1 Å². The number of anilines is 1. The maximum atomic E-state index is 12.7. The topological polar surface area (TPSA) is 65.2 Å². The number of hydrogen-bond acceptors (Lipinski definition) is 4. The zero-order chi connectivity index (χ0) is 14.1. The Morgan fingerprint density at radius 1 is 1.44 bits per heavy atom. The minimum absolute atomic E-state index is 0.487. The van der Waals surface area contributed by atoms with Crippen molar-refractivity contribution >= 4 is 11.7 Å². The smallest absolute Gasteiger partial charge is 0.419 e. The van der Waals surface area contributed by atoms with Crippen LogP contribution in [0.5, 0.6) is 0 Å². The van der Waals surface area contributed by atoms with Crippen LogP contribution in [0.15, 0.2) is 6.20 Å². The maximum Gasteiger partial charge on any atom is 0.419 e. The van der Waals surface area contributed by atoms with Crippen LogP contribution < -0.4 is 5.73 Å². The molecule has 100 valence electrons. The van der Waals surface area contributed by atoms with Gasteiger partial charge in [-0.3, -0.25) is 0 Å². The Kier molecular flexibility index (Phi) is 3.73. The lowest BCUT2D eigenvalue weighted by Gasteiger charge is -2.16. The van der Waals surface area contributed by atoms with E-state index >= 15 is 0 Å². The summed E-state index contributed by atoms with van der Waals surface area (Å²) in [5.74, 6) is -1.39. The highest BCUT2D eigenvalue weighted by Gasteiger charge is 2.41. The van der Waals surface area contributed by atoms with Gasteiger partial charge in [0.25, 0.3) is 6.43 Å². The second-order valence-corrected chi connectivity index (χ2v) is 3.14. The van der Waals surface area contributed by atoms with E-state index in [2.05, 4.69) is 9.72 Å². The number of hydrogen-bond donors (Lipinski definition) is 1. The SMILES string of the molecule is COC(=O)c1ncc(N)c(C(F)(F)F)c1C(F)F. The van der Waals surface area contributed by atoms with Crippen molar-refractivity contribution in [2.45, 2.75) is 12.6 Å². The molecule has 2 N–H and O–H groups in total. The van der Waals surface area contributed by atoms with Gasteiger partial charge in [0.15, 0.2) is 5.69 Å². The Morgan fingerprint density at radius 3 is 2.39 bits per heavy atom. The first-order valence-electron chi connectivity index (χ1n) is 4.42. The van der Waals surface area contributed by atoms with E-state index < -0.39 is 41.1 Å². The quantitative estimate of drug-likeness (QED) is 0.662. The summed E-state index contributed by atoms with van der Waals surface area (Å²) in [5.41, 5.74) is -0.441. The third-order valence-corrected chi connectivity index (χ3v) is 2.03. The molecule has 0 aliphatic heterocycles. The van der Waals surface area contributed by atoms with E-state index in [1.165, 1.54) is 0 Å². The fourth-order valence-corrected chi connectivity index (χ4v) is 1.33. The number of halogens is 5. The van der Waals surface area contributed by atoms with E-state index in [9.17, 15) is 26.7 Å². The summed E-state index contributed by atoms with van der Waals surface area (Å²) in [6.45, 7) is 0. The molecule has 0 saturated carbocycles. The number of ether oxygens (including phenoxy) is 1. The number of pyridine rings is 1. The fraction of sp³-hybridized carbons (Fsp3) is 0.333. The third kappa shape index (κ3) is 2.49. The number of alkyl halides is 5. The Balaban J connectivity index is 3.64. The van der Waals surface area contributed by atoms with E-state index in [0.717, 1.165) is 7.11 Å². The van der Waals surface area contributed by atoms with Crippen molar-refractivity contribution in [3.63, 3.8) is 0 Å². The molecule has 1 aromatic heterocycles. The van der Waals surface area contributed by atoms with Gasteiger partial charge in [0.05, 0.1) is 30.1 Å². The van der Waals surface area contributed by atoms with Gasteiger partial charge in [-0.2, -0.15) is 13.2 Å². The lowest BCUT2D eigenvalue weighted by Crippen LogP contribution is -2.19. The van der Waals surface area contributed by atoms with Gasteiger partial charge < -0.3 is 10.5 Å². The number of nitrogens with zero attached hydrogens (tertiary/aromatic N) is 1. The molecule has 0 aliphatic carbocycles. The van der Waals surface area contributed by atoms with E-state index in [4.69, 9.17) is 5.73 Å². The molecule has 1 heterocycles. The van der Waals surface area contributed by atoms with Gasteiger partial charge in [0.2, 0.25) is 0 Å². The Labute approximate surface area is 97.6 Å². The Hall–Kier alpha value is -1.93. The summed E-state index contributed by atoms with van der Waals surface area (Å²) in [4.78, 5) is 14.3. The van der Waals surface area contributed by atoms with E-state index in [1.54, 1.807) is 0 Å². The number of methoxy groups -OCH3 is 1. The summed E-state index contributed by atoms with van der Waals surface area (Å²) < 4.78 is 67.3. The van der Waals surface area contributed by atoms with Gasteiger partial charge in [-0.15, -0.1) is 0 Å². The van der Waals surface area contributed by atoms with Crippen molar-refractivity contribution in [2.75, 3.05) is 12.8 Å². The third-order valence-electron chi connectivity index (χ3n) is 2.03. The summed E-state index contributed by atoms with van der Waals surface area (Å²) in [5, 5.41) is 0. The van der Waals surface area contributed by atoms with Gasteiger partial charge in [0.1, 0.15) is 0 Å². The first kappa shape index (κ1) is 14.1. The molecule has 0 saturated heterocycles. The molecule has 4 nitrogen and oxygen atoms in total. The molecule has 0 atom stereocenters. The molecular weight excluding hydrogens is 263 g/mol. The summed E-state index contributed by atoms with van der Waals surface area (Å²) in [6.07, 6.45) is -8.20. The molecular formula is C9H7F5N2O2. The van der Waals surface area contributed by atoms with Crippen LogP contribution in [0.1, 0.15) is 28.0 Å². The number of carbonyl (C=O) groups is 1. The average Bonchev–Trinajstić information content (AvgIpc) is 2.25. The molecule has 18 heavy (non-hydrogen) atoms. The zero-order valence-corrected chi connectivity index (χ0v) is 8.89. The van der Waals surface area contributed by atoms with Crippen LogP contribution in [0.4, 0.5) is 27.6 Å². The van der Waals surface area contributed by atoms with Crippen molar-refractivity contribution in [3.05, 3.63) is 23.0 Å². The average molecular weight is 270 g/mol. The Morgan fingerprint density at radius 2 is 2.00 bits per heavy atom. The summed E-state index contributed by atoms with van der Waals surface area (Å²) in [6, 6.07) is 0. The monoisotopic (exact) mass is 270 g/mol. The van der Waals surface area contributed by atoms with Crippen LogP contribution in [-0.2, 0) is 10.9 Å². The van der Waals surface area contributed by atoms with Crippen molar-refractivity contribution in [2.24, 2.45) is 0 Å². The van der Waals surface area contributed by atoms with E-state index in [1.807, 2.05) is 0 Å². The van der Waals surface area contributed by atoms with E-state index in [0.29, 0.717) is 6.20 Å². The molecule has 0 aromatic carbocycles. The van der Waals surface area contributed by atoms with Gasteiger partial charge in [0, 0.05) is 0 Å². The minimum Gasteiger partial charge on any atom is -0.464 e. The van der Waals surface area contributed by atoms with Crippen molar-refractivity contribution in [1.82, 2.24) is 4.98 Å². The van der Waals surface area contributed by atoms with Crippen LogP contribution in [0, 0.1) is 0 Å². The molecule has 0 spiro atoms. The second-order valence-electron chi connectivity index (χ2n) is 3.14. The molecule has 0 amide bonds. The Bertz CT molecular complexity index is 473. The zero-order valence-electron chi connectivity index (χ0n) is 8.89. The fourth-order valence-electron chi connectivity index (χ4n) is 1.33. The normalized spacial score (nSPS) is 11.7. The molecule has 0 aliphatic rings. The lowest BCUT2D eigenvalue weighted by atomic mass is 10.0. The van der Waals surface area contributed by atoms with Crippen LogP contribution in [0.25, 0.3) is 0 Å². The molecule has 1 aromatic rings. The molecule has 0 unspecified atom stereocenters. The molecule has 1 rings (SSSR count). The maximum absolute atomic E-state index is 12.7. The molecule has 0 fully saturated rings. The number of aromatic nitrogens is 1. The van der Waals surface area contributed by atoms with E-state index in [-0.39, 0.29) is 0 Å². The molecule has 9 heteroatoms. The van der Waals surface area contributed by atoms with Crippen molar-refractivity contribution in [3.8, 4) is 0 Å². The molecule has 0 bridgehead atoms. The standard InChI is InChI=1S/C9H7F5N2O2/c1-18-8(17)6-4(7(10)11)5(9(12,13)14)3(15)2-16-6/h2,7H,15H2,1H3. The number of nitrogens with two attached hydrogens (primary N) is 1. The van der Waals surface area contributed by atoms with Gasteiger partial charge >= 0.3 is 12.1 Å². The number of carbonyl (C=O) groups excluding carboxylic acids is 1. The molecule has 0 radical (unpaired) electrons. The highest BCUT2D eigenvalue weighted by atomic mass is 19.4. The first-order chi connectivity index (χ1) is 8.20. The van der Waals surface area contributed by atoms with Crippen LogP contribution in [0.3, 0.4) is 0 Å². The van der Waals surface area contributed by atoms with Crippen LogP contribution in [0.2, 0.25) is 0 Å². The minimum atomic E-state index is -5.12. The number of rotatable bonds is 2. The highest BCUT2D eigenvalue weighted by Crippen LogP contribution is 2.40. The van der Waals surface area contributed by atoms with Gasteiger partial charge in [-0.25, -0.2) is 18.6 Å². The van der Waals surface area contributed by atoms with Crippen LogP contribution >= 0.6 is 0 Å². The number of nitrogen functional groups attached to an aromatic ring is 1.